The van der Waals surface area contributed by atoms with Gasteiger partial charge in [0.1, 0.15) is 6.61 Å². The Hall–Kier alpha value is -0.610. The van der Waals surface area contributed by atoms with Gasteiger partial charge >= 0.3 is 0 Å². The fourth-order valence-corrected chi connectivity index (χ4v) is 2.28. The van der Waals surface area contributed by atoms with E-state index in [4.69, 9.17) is 4.74 Å². The van der Waals surface area contributed by atoms with Crippen LogP contribution in [0.25, 0.3) is 0 Å². The second kappa shape index (κ2) is 5.64. The molecule has 1 saturated carbocycles. The monoisotopic (exact) mass is 226 g/mol. The molecule has 0 aromatic carbocycles. The highest BCUT2D eigenvalue weighted by molar-refractivity contribution is 5.77. The standard InChI is InChI=1S/C12H22N2O2/c1-2-9-7-11(9)14-12(15)8-16-10-3-5-13-6-4-10/h9-11,13H,2-8H2,1H3,(H,14,15). The molecule has 0 aromatic heterocycles. The van der Waals surface area contributed by atoms with Crippen molar-refractivity contribution in [3.05, 3.63) is 0 Å². The summed E-state index contributed by atoms with van der Waals surface area (Å²) in [5.41, 5.74) is 0. The van der Waals surface area contributed by atoms with E-state index in [2.05, 4.69) is 17.6 Å². The zero-order valence-corrected chi connectivity index (χ0v) is 10.00. The van der Waals surface area contributed by atoms with Crippen molar-refractivity contribution in [3.8, 4) is 0 Å². The van der Waals surface area contributed by atoms with Gasteiger partial charge in [0.05, 0.1) is 6.10 Å². The molecule has 2 fully saturated rings. The minimum Gasteiger partial charge on any atom is -0.368 e. The molecule has 1 amide bonds. The van der Waals surface area contributed by atoms with Crippen molar-refractivity contribution in [1.29, 1.82) is 0 Å². The van der Waals surface area contributed by atoms with Gasteiger partial charge in [-0.05, 0) is 38.3 Å². The van der Waals surface area contributed by atoms with E-state index in [1.54, 1.807) is 0 Å². The molecule has 1 saturated heterocycles. The summed E-state index contributed by atoms with van der Waals surface area (Å²) in [7, 11) is 0. The Kier molecular flexibility index (Phi) is 4.18. The number of piperidine rings is 1. The molecule has 2 aliphatic rings. The molecule has 0 radical (unpaired) electrons. The van der Waals surface area contributed by atoms with Gasteiger partial charge in [-0.3, -0.25) is 4.79 Å². The first-order valence-corrected chi connectivity index (χ1v) is 6.41. The molecule has 1 aliphatic heterocycles. The lowest BCUT2D eigenvalue weighted by molar-refractivity contribution is -0.128. The molecule has 0 bridgehead atoms. The van der Waals surface area contributed by atoms with E-state index in [9.17, 15) is 4.79 Å². The van der Waals surface area contributed by atoms with E-state index in [-0.39, 0.29) is 18.6 Å². The molecule has 2 rings (SSSR count). The Bertz CT molecular complexity index is 239. The largest absolute Gasteiger partial charge is 0.368 e. The number of hydrogen-bond acceptors (Lipinski definition) is 3. The van der Waals surface area contributed by atoms with Crippen LogP contribution in [-0.4, -0.2) is 37.7 Å². The average Bonchev–Trinajstić information content (AvgIpc) is 3.06. The summed E-state index contributed by atoms with van der Waals surface area (Å²) in [6.07, 6.45) is 4.63. The van der Waals surface area contributed by atoms with Crippen LogP contribution in [0.2, 0.25) is 0 Å². The third-order valence-electron chi connectivity index (χ3n) is 3.53. The van der Waals surface area contributed by atoms with Crippen molar-refractivity contribution in [2.24, 2.45) is 5.92 Å². The highest BCUT2D eigenvalue weighted by atomic mass is 16.5. The maximum Gasteiger partial charge on any atom is 0.246 e. The summed E-state index contributed by atoms with van der Waals surface area (Å²) >= 11 is 0. The Labute approximate surface area is 97.1 Å². The number of hydrogen-bond donors (Lipinski definition) is 2. The molecule has 2 atom stereocenters. The van der Waals surface area contributed by atoms with Gasteiger partial charge in [-0.25, -0.2) is 0 Å². The van der Waals surface area contributed by atoms with E-state index in [1.165, 1.54) is 6.42 Å². The van der Waals surface area contributed by atoms with Crippen molar-refractivity contribution < 1.29 is 9.53 Å². The molecule has 2 unspecified atom stereocenters. The summed E-state index contributed by atoms with van der Waals surface area (Å²) in [5, 5.41) is 6.29. The molecule has 4 nitrogen and oxygen atoms in total. The summed E-state index contributed by atoms with van der Waals surface area (Å²) in [4.78, 5) is 11.5. The summed E-state index contributed by atoms with van der Waals surface area (Å²) in [6.45, 7) is 4.42. The summed E-state index contributed by atoms with van der Waals surface area (Å²) < 4.78 is 5.59. The Morgan fingerprint density at radius 1 is 1.44 bits per heavy atom. The van der Waals surface area contributed by atoms with Crippen LogP contribution < -0.4 is 10.6 Å². The SMILES string of the molecule is CCC1CC1NC(=O)COC1CCNCC1. The van der Waals surface area contributed by atoms with Gasteiger partial charge in [-0.2, -0.15) is 0 Å². The number of rotatable bonds is 5. The van der Waals surface area contributed by atoms with Crippen LogP contribution in [0.5, 0.6) is 0 Å². The van der Waals surface area contributed by atoms with Crippen LogP contribution in [0, 0.1) is 5.92 Å². The number of carbonyl (C=O) groups is 1. The fourth-order valence-electron chi connectivity index (χ4n) is 2.28. The first kappa shape index (κ1) is 11.9. The Balaban J connectivity index is 1.57. The lowest BCUT2D eigenvalue weighted by Crippen LogP contribution is -2.36. The van der Waals surface area contributed by atoms with Gasteiger partial charge in [0.2, 0.25) is 5.91 Å². The highest BCUT2D eigenvalue weighted by Gasteiger charge is 2.36. The molecule has 1 aliphatic carbocycles. The van der Waals surface area contributed by atoms with Crippen LogP contribution in [-0.2, 0) is 9.53 Å². The first-order valence-electron chi connectivity index (χ1n) is 6.41. The van der Waals surface area contributed by atoms with Crippen molar-refractivity contribution >= 4 is 5.91 Å². The summed E-state index contributed by atoms with van der Waals surface area (Å²) in [6, 6.07) is 0.425. The van der Waals surface area contributed by atoms with Gasteiger partial charge < -0.3 is 15.4 Å². The van der Waals surface area contributed by atoms with Crippen molar-refractivity contribution in [2.75, 3.05) is 19.7 Å². The smallest absolute Gasteiger partial charge is 0.246 e. The van der Waals surface area contributed by atoms with Crippen LogP contribution in [0.15, 0.2) is 0 Å². The fraction of sp³-hybridized carbons (Fsp3) is 0.917. The van der Waals surface area contributed by atoms with E-state index < -0.39 is 0 Å². The van der Waals surface area contributed by atoms with E-state index in [1.807, 2.05) is 0 Å². The van der Waals surface area contributed by atoms with Crippen LogP contribution >= 0.6 is 0 Å². The summed E-state index contributed by atoms with van der Waals surface area (Å²) in [5.74, 6) is 0.766. The van der Waals surface area contributed by atoms with Gasteiger partial charge in [0, 0.05) is 6.04 Å². The maximum atomic E-state index is 11.5. The second-order valence-electron chi connectivity index (χ2n) is 4.84. The van der Waals surface area contributed by atoms with Gasteiger partial charge in [-0.15, -0.1) is 0 Å². The minimum absolute atomic E-state index is 0.0551. The second-order valence-corrected chi connectivity index (χ2v) is 4.84. The van der Waals surface area contributed by atoms with E-state index in [0.29, 0.717) is 12.0 Å². The number of carbonyl (C=O) groups excluding carboxylic acids is 1. The topological polar surface area (TPSA) is 50.4 Å². The van der Waals surface area contributed by atoms with Crippen molar-refractivity contribution in [2.45, 2.75) is 44.8 Å². The van der Waals surface area contributed by atoms with Crippen LogP contribution in [0.3, 0.4) is 0 Å². The van der Waals surface area contributed by atoms with Gasteiger partial charge in [0.25, 0.3) is 0 Å². The molecule has 2 N–H and O–H groups in total. The molecule has 16 heavy (non-hydrogen) atoms. The van der Waals surface area contributed by atoms with Gasteiger partial charge in [0.15, 0.2) is 0 Å². The molecule has 92 valence electrons. The van der Waals surface area contributed by atoms with Crippen LogP contribution in [0.4, 0.5) is 0 Å². The maximum absolute atomic E-state index is 11.5. The van der Waals surface area contributed by atoms with Crippen molar-refractivity contribution in [3.63, 3.8) is 0 Å². The normalized spacial score (nSPS) is 30.1. The third kappa shape index (κ3) is 3.46. The highest BCUT2D eigenvalue weighted by Crippen LogP contribution is 2.32. The molecular weight excluding hydrogens is 204 g/mol. The lowest BCUT2D eigenvalue weighted by atomic mass is 10.1. The zero-order chi connectivity index (χ0) is 11.4. The molecule has 1 heterocycles. The Morgan fingerprint density at radius 3 is 2.81 bits per heavy atom. The predicted molar refractivity (Wildman–Crippen MR) is 62.2 cm³/mol. The predicted octanol–water partition coefficient (Wildman–Crippen LogP) is 0.670. The molecule has 4 heteroatoms. The lowest BCUT2D eigenvalue weighted by Gasteiger charge is -2.22. The van der Waals surface area contributed by atoms with E-state index >= 15 is 0 Å². The molecule has 0 spiro atoms. The molecular formula is C12H22N2O2. The van der Waals surface area contributed by atoms with E-state index in [0.717, 1.165) is 32.4 Å². The average molecular weight is 226 g/mol. The minimum atomic E-state index is 0.0551. The molecule has 0 aromatic rings. The first-order chi connectivity index (χ1) is 7.79. The Morgan fingerprint density at radius 2 is 2.19 bits per heavy atom. The third-order valence-corrected chi connectivity index (χ3v) is 3.53. The quantitative estimate of drug-likeness (QED) is 0.724. The van der Waals surface area contributed by atoms with Crippen molar-refractivity contribution in [1.82, 2.24) is 10.6 Å². The van der Waals surface area contributed by atoms with Crippen LogP contribution in [0.1, 0.15) is 32.6 Å². The number of ether oxygens (including phenoxy) is 1. The zero-order valence-electron chi connectivity index (χ0n) is 10.00. The van der Waals surface area contributed by atoms with Gasteiger partial charge in [-0.1, -0.05) is 13.3 Å². The number of nitrogens with one attached hydrogen (secondary N) is 2. The number of amides is 1.